The van der Waals surface area contributed by atoms with Crippen LogP contribution >= 0.6 is 0 Å². The molecule has 0 aromatic heterocycles. The highest BCUT2D eigenvalue weighted by molar-refractivity contribution is 5.95. The van der Waals surface area contributed by atoms with Crippen LogP contribution in [0, 0.1) is 17.8 Å². The standard InChI is InChI=1S/C25H30N2O/c1-2-3-13-26-25(28)19-11-12-21-20(15-19)22-17-9-10-18(14-17)23(22)24(27-21)16-7-5-4-6-8-16/h4-8,11-12,15,17-18,22-24,27H,2-3,9-10,13-14H2,1H3,(H,26,28)/t17-,18-,22-,23-,24+/m0/s1. The van der Waals surface area contributed by atoms with Crippen LogP contribution in [0.4, 0.5) is 5.69 Å². The van der Waals surface area contributed by atoms with E-state index in [2.05, 4.69) is 60.0 Å². The van der Waals surface area contributed by atoms with Gasteiger partial charge in [-0.1, -0.05) is 43.7 Å². The third-order valence-corrected chi connectivity index (χ3v) is 7.32. The highest BCUT2D eigenvalue weighted by Crippen LogP contribution is 2.63. The minimum absolute atomic E-state index is 0.0705. The van der Waals surface area contributed by atoms with Crippen LogP contribution in [0.1, 0.15) is 72.5 Å². The SMILES string of the molecule is CCCCNC(=O)c1ccc2c(c1)[C@@H]1[C@H]3CC[C@@H](C3)[C@@H]1[C@@H](c1ccccc1)N2. The first kappa shape index (κ1) is 17.8. The molecule has 146 valence electrons. The highest BCUT2D eigenvalue weighted by atomic mass is 16.1. The molecule has 3 heteroatoms. The van der Waals surface area contributed by atoms with E-state index >= 15 is 0 Å². The molecule has 2 aromatic carbocycles. The van der Waals surface area contributed by atoms with Crippen LogP contribution in [0.3, 0.4) is 0 Å². The maximum absolute atomic E-state index is 12.6. The number of anilines is 1. The number of rotatable bonds is 5. The van der Waals surface area contributed by atoms with Gasteiger partial charge in [0, 0.05) is 17.8 Å². The van der Waals surface area contributed by atoms with Gasteiger partial charge in [0.1, 0.15) is 0 Å². The summed E-state index contributed by atoms with van der Waals surface area (Å²) in [6, 6.07) is 17.6. The molecule has 1 amide bonds. The van der Waals surface area contributed by atoms with E-state index in [4.69, 9.17) is 0 Å². The first-order valence-corrected chi connectivity index (χ1v) is 11.0. The molecule has 2 bridgehead atoms. The van der Waals surface area contributed by atoms with Crippen molar-refractivity contribution in [2.45, 2.75) is 51.0 Å². The first-order valence-electron chi connectivity index (χ1n) is 11.0. The molecular formula is C25H30N2O. The van der Waals surface area contributed by atoms with Crippen molar-refractivity contribution in [3.05, 3.63) is 65.2 Å². The monoisotopic (exact) mass is 374 g/mol. The summed E-state index contributed by atoms with van der Waals surface area (Å²) in [4.78, 5) is 12.6. The number of unbranched alkanes of at least 4 members (excludes halogenated alkanes) is 1. The Morgan fingerprint density at radius 1 is 1.11 bits per heavy atom. The van der Waals surface area contributed by atoms with Crippen LogP contribution in [0.25, 0.3) is 0 Å². The van der Waals surface area contributed by atoms with Gasteiger partial charge in [-0.25, -0.2) is 0 Å². The molecule has 3 nitrogen and oxygen atoms in total. The van der Waals surface area contributed by atoms with Crippen LogP contribution in [-0.4, -0.2) is 12.5 Å². The number of amides is 1. The van der Waals surface area contributed by atoms with Gasteiger partial charge in [-0.2, -0.15) is 0 Å². The second-order valence-corrected chi connectivity index (χ2v) is 8.88. The van der Waals surface area contributed by atoms with Crippen molar-refractivity contribution in [1.29, 1.82) is 0 Å². The summed E-state index contributed by atoms with van der Waals surface area (Å²) in [7, 11) is 0. The molecule has 28 heavy (non-hydrogen) atoms. The van der Waals surface area contributed by atoms with Crippen LogP contribution in [-0.2, 0) is 0 Å². The molecule has 2 saturated carbocycles. The Kier molecular flexibility index (Phi) is 4.62. The van der Waals surface area contributed by atoms with Gasteiger partial charge >= 0.3 is 0 Å². The summed E-state index contributed by atoms with van der Waals surface area (Å²) >= 11 is 0. The van der Waals surface area contributed by atoms with Crippen molar-refractivity contribution in [2.75, 3.05) is 11.9 Å². The van der Waals surface area contributed by atoms with E-state index in [-0.39, 0.29) is 5.91 Å². The molecule has 0 unspecified atom stereocenters. The van der Waals surface area contributed by atoms with Gasteiger partial charge in [-0.15, -0.1) is 0 Å². The van der Waals surface area contributed by atoms with E-state index in [1.54, 1.807) is 0 Å². The fourth-order valence-electron chi connectivity index (χ4n) is 6.10. The zero-order valence-electron chi connectivity index (χ0n) is 16.7. The summed E-state index contributed by atoms with van der Waals surface area (Å²) in [6.45, 7) is 2.91. The lowest BCUT2D eigenvalue weighted by molar-refractivity contribution is 0.0953. The van der Waals surface area contributed by atoms with E-state index in [9.17, 15) is 4.79 Å². The minimum atomic E-state index is 0.0705. The predicted octanol–water partition coefficient (Wildman–Crippen LogP) is 5.51. The van der Waals surface area contributed by atoms with Gasteiger partial charge in [0.05, 0.1) is 6.04 Å². The Bertz CT molecular complexity index is 862. The number of hydrogen-bond donors (Lipinski definition) is 2. The van der Waals surface area contributed by atoms with Crippen molar-refractivity contribution in [3.8, 4) is 0 Å². The average Bonchev–Trinajstić information content (AvgIpc) is 3.36. The van der Waals surface area contributed by atoms with Gasteiger partial charge in [-0.3, -0.25) is 4.79 Å². The zero-order chi connectivity index (χ0) is 19.1. The number of carbonyl (C=O) groups is 1. The van der Waals surface area contributed by atoms with Crippen LogP contribution in [0.5, 0.6) is 0 Å². The lowest BCUT2D eigenvalue weighted by Crippen LogP contribution is -2.35. The van der Waals surface area contributed by atoms with Gasteiger partial charge < -0.3 is 10.6 Å². The van der Waals surface area contributed by atoms with Crippen molar-refractivity contribution in [1.82, 2.24) is 5.32 Å². The van der Waals surface area contributed by atoms with Gasteiger partial charge in [0.2, 0.25) is 0 Å². The number of nitrogens with one attached hydrogen (secondary N) is 2. The Morgan fingerprint density at radius 2 is 1.93 bits per heavy atom. The smallest absolute Gasteiger partial charge is 0.251 e. The van der Waals surface area contributed by atoms with Crippen molar-refractivity contribution >= 4 is 11.6 Å². The molecule has 1 heterocycles. The Hall–Kier alpha value is -2.29. The largest absolute Gasteiger partial charge is 0.378 e. The molecule has 2 aromatic rings. The lowest BCUT2D eigenvalue weighted by atomic mass is 9.68. The second kappa shape index (κ2) is 7.27. The normalized spacial score (nSPS) is 29.7. The first-order chi connectivity index (χ1) is 13.8. The molecule has 5 rings (SSSR count). The number of fused-ring (bicyclic) bond motifs is 7. The van der Waals surface area contributed by atoms with Crippen molar-refractivity contribution < 1.29 is 4.79 Å². The summed E-state index contributed by atoms with van der Waals surface area (Å²) in [5.74, 6) is 2.89. The van der Waals surface area contributed by atoms with Crippen molar-refractivity contribution in [3.63, 3.8) is 0 Å². The topological polar surface area (TPSA) is 41.1 Å². The number of benzene rings is 2. The minimum Gasteiger partial charge on any atom is -0.378 e. The molecule has 0 radical (unpaired) electrons. The fourth-order valence-corrected chi connectivity index (χ4v) is 6.10. The quantitative estimate of drug-likeness (QED) is 0.677. The Labute approximate surface area is 167 Å². The molecule has 2 N–H and O–H groups in total. The molecule has 0 saturated heterocycles. The van der Waals surface area contributed by atoms with Gasteiger partial charge in [-0.05, 0) is 78.7 Å². The summed E-state index contributed by atoms with van der Waals surface area (Å²) in [5, 5.41) is 6.93. The maximum Gasteiger partial charge on any atom is 0.251 e. The highest BCUT2D eigenvalue weighted by Gasteiger charge is 2.53. The zero-order valence-corrected chi connectivity index (χ0v) is 16.7. The molecule has 5 atom stereocenters. The summed E-state index contributed by atoms with van der Waals surface area (Å²) in [6.07, 6.45) is 6.20. The summed E-state index contributed by atoms with van der Waals surface area (Å²) in [5.41, 5.74) is 4.83. The molecule has 3 aliphatic rings. The average molecular weight is 375 g/mol. The van der Waals surface area contributed by atoms with E-state index in [0.717, 1.165) is 36.8 Å². The molecule has 1 aliphatic heterocycles. The second-order valence-electron chi connectivity index (χ2n) is 8.88. The molecule has 0 spiro atoms. The Morgan fingerprint density at radius 3 is 2.75 bits per heavy atom. The Balaban J connectivity index is 1.49. The van der Waals surface area contributed by atoms with Gasteiger partial charge in [0.25, 0.3) is 5.91 Å². The van der Waals surface area contributed by atoms with E-state index in [0.29, 0.717) is 17.9 Å². The fraction of sp³-hybridized carbons (Fsp3) is 0.480. The number of hydrogen-bond acceptors (Lipinski definition) is 2. The van der Waals surface area contributed by atoms with E-state index < -0.39 is 0 Å². The van der Waals surface area contributed by atoms with Crippen LogP contribution < -0.4 is 10.6 Å². The summed E-state index contributed by atoms with van der Waals surface area (Å²) < 4.78 is 0. The molecular weight excluding hydrogens is 344 g/mol. The van der Waals surface area contributed by atoms with Crippen molar-refractivity contribution in [2.24, 2.45) is 17.8 Å². The maximum atomic E-state index is 12.6. The van der Waals surface area contributed by atoms with E-state index in [1.807, 2.05) is 6.07 Å². The third-order valence-electron chi connectivity index (χ3n) is 7.32. The number of carbonyl (C=O) groups excluding carboxylic acids is 1. The molecule has 2 aliphatic carbocycles. The van der Waals surface area contributed by atoms with Gasteiger partial charge in [0.15, 0.2) is 0 Å². The third kappa shape index (κ3) is 2.92. The predicted molar refractivity (Wildman–Crippen MR) is 114 cm³/mol. The molecule has 2 fully saturated rings. The van der Waals surface area contributed by atoms with E-state index in [1.165, 1.54) is 36.1 Å². The van der Waals surface area contributed by atoms with Crippen LogP contribution in [0.2, 0.25) is 0 Å². The lowest BCUT2D eigenvalue weighted by Gasteiger charge is -2.43. The van der Waals surface area contributed by atoms with Crippen LogP contribution in [0.15, 0.2) is 48.5 Å².